The van der Waals surface area contributed by atoms with Crippen LogP contribution < -0.4 is 5.32 Å². The number of hydrogen-bond donors (Lipinski definition) is 1. The summed E-state index contributed by atoms with van der Waals surface area (Å²) in [5, 5.41) is 3.12. The van der Waals surface area contributed by atoms with Crippen LogP contribution in [0, 0.1) is 5.41 Å². The molecule has 0 radical (unpaired) electrons. The third kappa shape index (κ3) is 1.68. The number of allylic oxidation sites excluding steroid dienone is 2. The summed E-state index contributed by atoms with van der Waals surface area (Å²) >= 11 is 0. The zero-order valence-corrected chi connectivity index (χ0v) is 8.21. The van der Waals surface area contributed by atoms with E-state index in [0.29, 0.717) is 25.9 Å². The molecule has 1 aliphatic heterocycles. The predicted octanol–water partition coefficient (Wildman–Crippen LogP) is 0.866. The molecule has 3 heteroatoms. The first kappa shape index (κ1) is 10.9. The van der Waals surface area contributed by atoms with E-state index in [4.69, 9.17) is 0 Å². The van der Waals surface area contributed by atoms with Crippen LogP contribution in [0.5, 0.6) is 0 Å². The van der Waals surface area contributed by atoms with Crippen LogP contribution in [-0.4, -0.2) is 24.7 Å². The second kappa shape index (κ2) is 4.33. The van der Waals surface area contributed by atoms with Crippen molar-refractivity contribution in [2.75, 3.05) is 13.1 Å². The van der Waals surface area contributed by atoms with Gasteiger partial charge in [0.15, 0.2) is 11.6 Å². The van der Waals surface area contributed by atoms with Crippen LogP contribution in [0.1, 0.15) is 12.8 Å². The topological polar surface area (TPSA) is 46.2 Å². The van der Waals surface area contributed by atoms with Crippen molar-refractivity contribution in [2.45, 2.75) is 12.8 Å². The molecule has 0 bridgehead atoms. The molecule has 0 aromatic heterocycles. The molecule has 0 unspecified atom stereocenters. The van der Waals surface area contributed by atoms with Gasteiger partial charge in [0.1, 0.15) is 0 Å². The Kier molecular flexibility index (Phi) is 3.36. The Morgan fingerprint density at radius 2 is 1.50 bits per heavy atom. The van der Waals surface area contributed by atoms with Gasteiger partial charge in [-0.15, -0.1) is 0 Å². The van der Waals surface area contributed by atoms with E-state index in [-0.39, 0.29) is 11.6 Å². The summed E-state index contributed by atoms with van der Waals surface area (Å²) in [4.78, 5) is 23.3. The maximum atomic E-state index is 11.7. The average Bonchev–Trinajstić information content (AvgIpc) is 2.27. The van der Waals surface area contributed by atoms with E-state index in [1.165, 1.54) is 12.2 Å². The highest BCUT2D eigenvalue weighted by Gasteiger charge is 2.42. The Hall–Kier alpha value is -1.22. The van der Waals surface area contributed by atoms with Crippen molar-refractivity contribution >= 4 is 11.6 Å². The molecular formula is C11H15NO2. The minimum absolute atomic E-state index is 0.177. The quantitative estimate of drug-likeness (QED) is 0.532. The molecule has 0 aromatic rings. The maximum absolute atomic E-state index is 11.7. The van der Waals surface area contributed by atoms with Gasteiger partial charge in [0.2, 0.25) is 0 Å². The van der Waals surface area contributed by atoms with Gasteiger partial charge in [0, 0.05) is 0 Å². The predicted molar refractivity (Wildman–Crippen MR) is 54.9 cm³/mol. The Bertz CT molecular complexity index is 253. The maximum Gasteiger partial charge on any atom is 0.169 e. The van der Waals surface area contributed by atoms with Crippen LogP contribution in [0.4, 0.5) is 0 Å². The molecule has 14 heavy (non-hydrogen) atoms. The van der Waals surface area contributed by atoms with Gasteiger partial charge in [0.05, 0.1) is 5.41 Å². The van der Waals surface area contributed by atoms with E-state index >= 15 is 0 Å². The largest absolute Gasteiger partial charge is 0.317 e. The van der Waals surface area contributed by atoms with Crippen molar-refractivity contribution in [1.82, 2.24) is 5.32 Å². The van der Waals surface area contributed by atoms with Gasteiger partial charge in [-0.3, -0.25) is 9.59 Å². The first-order valence-corrected chi connectivity index (χ1v) is 4.72. The van der Waals surface area contributed by atoms with Crippen molar-refractivity contribution in [1.29, 1.82) is 0 Å². The van der Waals surface area contributed by atoms with Gasteiger partial charge in [-0.2, -0.15) is 0 Å². The summed E-state index contributed by atoms with van der Waals surface area (Å²) in [7, 11) is 0. The fourth-order valence-corrected chi connectivity index (χ4v) is 1.86. The van der Waals surface area contributed by atoms with E-state index < -0.39 is 5.41 Å². The first-order valence-electron chi connectivity index (χ1n) is 4.72. The van der Waals surface area contributed by atoms with Crippen LogP contribution in [0.15, 0.2) is 25.3 Å². The summed E-state index contributed by atoms with van der Waals surface area (Å²) < 4.78 is 0. The van der Waals surface area contributed by atoms with Crippen LogP contribution >= 0.6 is 0 Å². The zero-order valence-electron chi connectivity index (χ0n) is 8.21. The third-order valence-corrected chi connectivity index (χ3v) is 2.77. The molecule has 1 heterocycles. The number of hydrogen-bond acceptors (Lipinski definition) is 3. The molecule has 1 aliphatic rings. The average molecular weight is 193 g/mol. The molecule has 1 rings (SSSR count). The third-order valence-electron chi connectivity index (χ3n) is 2.77. The number of ketones is 2. The molecule has 3 nitrogen and oxygen atoms in total. The molecule has 0 atom stereocenters. The normalized spacial score (nSPS) is 19.7. The van der Waals surface area contributed by atoms with Crippen molar-refractivity contribution in [3.8, 4) is 0 Å². The summed E-state index contributed by atoms with van der Waals surface area (Å²) in [6, 6.07) is 0. The smallest absolute Gasteiger partial charge is 0.169 e. The molecule has 0 spiro atoms. The van der Waals surface area contributed by atoms with Crippen molar-refractivity contribution in [3.05, 3.63) is 25.3 Å². The Morgan fingerprint density at radius 1 is 1.07 bits per heavy atom. The lowest BCUT2D eigenvalue weighted by molar-refractivity contribution is -0.136. The number of rotatable bonds is 4. The lowest BCUT2D eigenvalue weighted by atomic mass is 9.72. The molecule has 0 aliphatic carbocycles. The Morgan fingerprint density at radius 3 is 1.86 bits per heavy atom. The molecular weight excluding hydrogens is 178 g/mol. The number of piperidine rings is 1. The van der Waals surface area contributed by atoms with Crippen LogP contribution in [0.2, 0.25) is 0 Å². The lowest BCUT2D eigenvalue weighted by Gasteiger charge is -2.32. The van der Waals surface area contributed by atoms with E-state index in [1.54, 1.807) is 0 Å². The number of carbonyl (C=O) groups excluding carboxylic acids is 2. The van der Waals surface area contributed by atoms with Crippen molar-refractivity contribution < 1.29 is 9.59 Å². The molecule has 1 saturated heterocycles. The minimum Gasteiger partial charge on any atom is -0.317 e. The molecule has 1 N–H and O–H groups in total. The van der Waals surface area contributed by atoms with E-state index in [2.05, 4.69) is 18.5 Å². The van der Waals surface area contributed by atoms with Gasteiger partial charge < -0.3 is 5.32 Å². The fourth-order valence-electron chi connectivity index (χ4n) is 1.86. The molecule has 76 valence electrons. The van der Waals surface area contributed by atoms with E-state index in [9.17, 15) is 9.59 Å². The zero-order chi connectivity index (χ0) is 10.6. The molecule has 0 aromatic carbocycles. The van der Waals surface area contributed by atoms with Crippen LogP contribution in [0.3, 0.4) is 0 Å². The lowest BCUT2D eigenvalue weighted by Crippen LogP contribution is -2.46. The molecule has 0 saturated carbocycles. The molecule has 1 fully saturated rings. The van der Waals surface area contributed by atoms with E-state index in [1.807, 2.05) is 0 Å². The van der Waals surface area contributed by atoms with Gasteiger partial charge in [-0.1, -0.05) is 13.2 Å². The number of nitrogens with one attached hydrogen (secondary N) is 1. The van der Waals surface area contributed by atoms with Crippen molar-refractivity contribution in [2.24, 2.45) is 5.41 Å². The standard InChI is InChI=1S/C11H15NO2/c1-3-9(13)11(10(14)4-2)5-7-12-8-6-11/h3-4,12H,1-2,5-8H2. The Labute approximate surface area is 83.9 Å². The Balaban J connectivity index is 2.99. The monoisotopic (exact) mass is 193 g/mol. The first-order chi connectivity index (χ1) is 6.67. The van der Waals surface area contributed by atoms with Gasteiger partial charge in [-0.25, -0.2) is 0 Å². The summed E-state index contributed by atoms with van der Waals surface area (Å²) in [6.45, 7) is 8.27. The van der Waals surface area contributed by atoms with Gasteiger partial charge >= 0.3 is 0 Å². The van der Waals surface area contributed by atoms with Gasteiger partial charge in [-0.05, 0) is 38.1 Å². The highest BCUT2D eigenvalue weighted by atomic mass is 16.2. The van der Waals surface area contributed by atoms with E-state index in [0.717, 1.165) is 0 Å². The summed E-state index contributed by atoms with van der Waals surface area (Å²) in [5.41, 5.74) is -0.880. The summed E-state index contributed by atoms with van der Waals surface area (Å²) in [5.74, 6) is -0.354. The second-order valence-electron chi connectivity index (χ2n) is 3.47. The van der Waals surface area contributed by atoms with Crippen LogP contribution in [-0.2, 0) is 9.59 Å². The van der Waals surface area contributed by atoms with Gasteiger partial charge in [0.25, 0.3) is 0 Å². The fraction of sp³-hybridized carbons (Fsp3) is 0.455. The summed E-state index contributed by atoms with van der Waals surface area (Å²) in [6.07, 6.45) is 3.57. The highest BCUT2D eigenvalue weighted by molar-refractivity contribution is 6.15. The van der Waals surface area contributed by atoms with Crippen LogP contribution in [0.25, 0.3) is 0 Å². The highest BCUT2D eigenvalue weighted by Crippen LogP contribution is 2.31. The SMILES string of the molecule is C=CC(=O)C1(C(=O)C=C)CCNCC1. The minimum atomic E-state index is -0.880. The second-order valence-corrected chi connectivity index (χ2v) is 3.47. The molecule has 0 amide bonds. The van der Waals surface area contributed by atoms with Crippen molar-refractivity contribution in [3.63, 3.8) is 0 Å². The number of carbonyl (C=O) groups is 2.